The van der Waals surface area contributed by atoms with Gasteiger partial charge in [-0.05, 0) is 34.6 Å². The zero-order valence-electron chi connectivity index (χ0n) is 11.1. The molecule has 0 aromatic carbocycles. The number of nitrogens with one attached hydrogen (secondary N) is 2. The predicted molar refractivity (Wildman–Crippen MR) is 67.0 cm³/mol. The van der Waals surface area contributed by atoms with Gasteiger partial charge in [0.25, 0.3) is 5.56 Å². The molecule has 0 aliphatic carbocycles. The molecule has 1 rings (SSSR count). The molecule has 0 amide bonds. The first-order valence-corrected chi connectivity index (χ1v) is 5.74. The molecule has 0 aliphatic rings. The molecule has 1 aromatic heterocycles. The molecular formula is C12H21N3O2. The SMILES string of the molecule is Cc1nc(C)c(C(C)NCC(C)(C)O)c(=O)[nH]1. The summed E-state index contributed by atoms with van der Waals surface area (Å²) < 4.78 is 0. The molecule has 0 aliphatic heterocycles. The van der Waals surface area contributed by atoms with Crippen molar-refractivity contribution in [1.29, 1.82) is 0 Å². The van der Waals surface area contributed by atoms with E-state index in [-0.39, 0.29) is 11.6 Å². The monoisotopic (exact) mass is 239 g/mol. The van der Waals surface area contributed by atoms with Crippen molar-refractivity contribution in [2.75, 3.05) is 6.54 Å². The lowest BCUT2D eigenvalue weighted by atomic mass is 10.1. The number of aliphatic hydroxyl groups is 1. The molecule has 0 bridgehead atoms. The molecule has 0 radical (unpaired) electrons. The van der Waals surface area contributed by atoms with Gasteiger partial charge in [-0.3, -0.25) is 4.79 Å². The van der Waals surface area contributed by atoms with E-state index in [0.29, 0.717) is 17.9 Å². The maximum atomic E-state index is 11.8. The second-order valence-electron chi connectivity index (χ2n) is 5.07. The van der Waals surface area contributed by atoms with Gasteiger partial charge >= 0.3 is 0 Å². The maximum Gasteiger partial charge on any atom is 0.255 e. The number of H-pyrrole nitrogens is 1. The molecule has 5 nitrogen and oxygen atoms in total. The second-order valence-corrected chi connectivity index (χ2v) is 5.07. The highest BCUT2D eigenvalue weighted by Gasteiger charge is 2.18. The van der Waals surface area contributed by atoms with Gasteiger partial charge in [-0.15, -0.1) is 0 Å². The fourth-order valence-corrected chi connectivity index (χ4v) is 1.75. The van der Waals surface area contributed by atoms with Crippen LogP contribution in [0.4, 0.5) is 0 Å². The van der Waals surface area contributed by atoms with Crippen molar-refractivity contribution in [3.63, 3.8) is 0 Å². The largest absolute Gasteiger partial charge is 0.389 e. The van der Waals surface area contributed by atoms with Gasteiger partial charge in [-0.1, -0.05) is 0 Å². The van der Waals surface area contributed by atoms with Crippen molar-refractivity contribution in [3.05, 3.63) is 27.4 Å². The van der Waals surface area contributed by atoms with Crippen LogP contribution in [-0.4, -0.2) is 27.2 Å². The summed E-state index contributed by atoms with van der Waals surface area (Å²) in [4.78, 5) is 18.8. The maximum absolute atomic E-state index is 11.8. The van der Waals surface area contributed by atoms with E-state index in [1.165, 1.54) is 0 Å². The van der Waals surface area contributed by atoms with Crippen LogP contribution < -0.4 is 10.9 Å². The van der Waals surface area contributed by atoms with Gasteiger partial charge in [0.15, 0.2) is 0 Å². The molecule has 3 N–H and O–H groups in total. The Hall–Kier alpha value is -1.20. The molecular weight excluding hydrogens is 218 g/mol. The summed E-state index contributed by atoms with van der Waals surface area (Å²) in [7, 11) is 0. The highest BCUT2D eigenvalue weighted by atomic mass is 16.3. The molecule has 1 aromatic rings. The Morgan fingerprint density at radius 2 is 2.06 bits per heavy atom. The van der Waals surface area contributed by atoms with E-state index in [9.17, 15) is 9.90 Å². The molecule has 17 heavy (non-hydrogen) atoms. The summed E-state index contributed by atoms with van der Waals surface area (Å²) >= 11 is 0. The number of nitrogens with zero attached hydrogens (tertiary/aromatic N) is 1. The van der Waals surface area contributed by atoms with Crippen molar-refractivity contribution < 1.29 is 5.11 Å². The average molecular weight is 239 g/mol. The van der Waals surface area contributed by atoms with Gasteiger partial charge in [-0.25, -0.2) is 4.98 Å². The molecule has 0 spiro atoms. The minimum atomic E-state index is -0.799. The summed E-state index contributed by atoms with van der Waals surface area (Å²) in [6.45, 7) is 9.32. The number of hydrogen-bond donors (Lipinski definition) is 3. The number of aromatic amines is 1. The molecule has 1 heterocycles. The van der Waals surface area contributed by atoms with Crippen molar-refractivity contribution in [1.82, 2.24) is 15.3 Å². The van der Waals surface area contributed by atoms with Crippen LogP contribution in [0.2, 0.25) is 0 Å². The van der Waals surface area contributed by atoms with Gasteiger partial charge < -0.3 is 15.4 Å². The second kappa shape index (κ2) is 4.98. The van der Waals surface area contributed by atoms with E-state index in [2.05, 4.69) is 15.3 Å². The van der Waals surface area contributed by atoms with Gasteiger partial charge in [0.1, 0.15) is 5.82 Å². The molecule has 0 saturated carbocycles. The van der Waals surface area contributed by atoms with Crippen LogP contribution in [0.5, 0.6) is 0 Å². The number of aryl methyl sites for hydroxylation is 2. The first-order valence-electron chi connectivity index (χ1n) is 5.74. The molecule has 1 unspecified atom stereocenters. The van der Waals surface area contributed by atoms with Crippen LogP contribution in [0.25, 0.3) is 0 Å². The third kappa shape index (κ3) is 3.94. The van der Waals surface area contributed by atoms with E-state index in [4.69, 9.17) is 0 Å². The Labute approximate surface area is 101 Å². The highest BCUT2D eigenvalue weighted by Crippen LogP contribution is 2.11. The fraction of sp³-hybridized carbons (Fsp3) is 0.667. The van der Waals surface area contributed by atoms with Crippen molar-refractivity contribution in [2.24, 2.45) is 0 Å². The summed E-state index contributed by atoms with van der Waals surface area (Å²) in [5, 5.41) is 12.8. The quantitative estimate of drug-likeness (QED) is 0.726. The first-order chi connectivity index (χ1) is 7.70. The zero-order valence-corrected chi connectivity index (χ0v) is 11.1. The number of rotatable bonds is 4. The minimum Gasteiger partial charge on any atom is -0.389 e. The van der Waals surface area contributed by atoms with Crippen molar-refractivity contribution in [3.8, 4) is 0 Å². The first kappa shape index (κ1) is 13.9. The smallest absolute Gasteiger partial charge is 0.255 e. The van der Waals surface area contributed by atoms with Gasteiger partial charge in [-0.2, -0.15) is 0 Å². The van der Waals surface area contributed by atoms with Crippen LogP contribution in [0, 0.1) is 13.8 Å². The number of aromatic nitrogens is 2. The standard InChI is InChI=1S/C12H21N3O2/c1-7(13-6-12(4,5)17)10-8(2)14-9(3)15-11(10)16/h7,13,17H,6H2,1-5H3,(H,14,15,16). The Morgan fingerprint density at radius 3 is 2.53 bits per heavy atom. The van der Waals surface area contributed by atoms with Crippen LogP contribution >= 0.6 is 0 Å². The molecule has 5 heteroatoms. The van der Waals surface area contributed by atoms with E-state index in [1.54, 1.807) is 20.8 Å². The Morgan fingerprint density at radius 1 is 1.47 bits per heavy atom. The van der Waals surface area contributed by atoms with Crippen molar-refractivity contribution >= 4 is 0 Å². The van der Waals surface area contributed by atoms with Crippen molar-refractivity contribution in [2.45, 2.75) is 46.3 Å². The van der Waals surface area contributed by atoms with Gasteiger partial charge in [0.05, 0.1) is 11.2 Å². The van der Waals surface area contributed by atoms with Crippen LogP contribution in [0.15, 0.2) is 4.79 Å². The minimum absolute atomic E-state index is 0.120. The summed E-state index contributed by atoms with van der Waals surface area (Å²) in [5.41, 5.74) is 0.431. The summed E-state index contributed by atoms with van der Waals surface area (Å²) in [6, 6.07) is -0.140. The lowest BCUT2D eigenvalue weighted by molar-refractivity contribution is 0.0769. The molecule has 96 valence electrons. The highest BCUT2D eigenvalue weighted by molar-refractivity contribution is 5.20. The topological polar surface area (TPSA) is 78.0 Å². The van der Waals surface area contributed by atoms with Gasteiger partial charge in [0.2, 0.25) is 0 Å². The Bertz CT molecular complexity index is 446. The van der Waals surface area contributed by atoms with E-state index >= 15 is 0 Å². The van der Waals surface area contributed by atoms with Crippen LogP contribution in [-0.2, 0) is 0 Å². The zero-order chi connectivity index (χ0) is 13.2. The van der Waals surface area contributed by atoms with E-state index < -0.39 is 5.60 Å². The molecule has 0 fully saturated rings. The predicted octanol–water partition coefficient (Wildman–Crippen LogP) is 0.808. The van der Waals surface area contributed by atoms with Crippen LogP contribution in [0.3, 0.4) is 0 Å². The third-order valence-corrected chi connectivity index (χ3v) is 2.54. The molecule has 0 saturated heterocycles. The summed E-state index contributed by atoms with van der Waals surface area (Å²) in [5.74, 6) is 0.617. The lowest BCUT2D eigenvalue weighted by Gasteiger charge is -2.22. The molecule has 1 atom stereocenters. The Kier molecular flexibility index (Phi) is 4.06. The van der Waals surface area contributed by atoms with Gasteiger partial charge in [0, 0.05) is 18.3 Å². The fourth-order valence-electron chi connectivity index (χ4n) is 1.75. The third-order valence-electron chi connectivity index (χ3n) is 2.54. The summed E-state index contributed by atoms with van der Waals surface area (Å²) in [6.07, 6.45) is 0. The number of hydrogen-bond acceptors (Lipinski definition) is 4. The van der Waals surface area contributed by atoms with Crippen LogP contribution in [0.1, 0.15) is 43.9 Å². The average Bonchev–Trinajstić information content (AvgIpc) is 2.11. The normalized spacial score (nSPS) is 13.8. The Balaban J connectivity index is 2.90. The van der Waals surface area contributed by atoms with E-state index in [0.717, 1.165) is 5.69 Å². The van der Waals surface area contributed by atoms with E-state index in [1.807, 2.05) is 13.8 Å². The lowest BCUT2D eigenvalue weighted by Crippen LogP contribution is -2.38.